The Morgan fingerprint density at radius 2 is 2.32 bits per heavy atom. The zero-order chi connectivity index (χ0) is 18.0. The number of carbonyl (C=O) groups excluding carboxylic acids is 1. The van der Waals surface area contributed by atoms with Gasteiger partial charge >= 0.3 is 5.97 Å². The van der Waals surface area contributed by atoms with Crippen LogP contribution in [-0.2, 0) is 9.59 Å². The van der Waals surface area contributed by atoms with Gasteiger partial charge in [-0.1, -0.05) is 37.0 Å². The van der Waals surface area contributed by atoms with E-state index in [2.05, 4.69) is 17.4 Å². The molecule has 3 rings (SSSR count). The van der Waals surface area contributed by atoms with Gasteiger partial charge in [0.05, 0.1) is 11.0 Å². The second-order valence-corrected chi connectivity index (χ2v) is 6.06. The highest BCUT2D eigenvalue weighted by Gasteiger charge is 2.43. The molecule has 0 saturated carbocycles. The van der Waals surface area contributed by atoms with Crippen molar-refractivity contribution >= 4 is 29.1 Å². The number of thiocarbonyl (C=S) groups is 1. The van der Waals surface area contributed by atoms with Crippen molar-refractivity contribution in [2.24, 2.45) is 5.92 Å². The van der Waals surface area contributed by atoms with Gasteiger partial charge in [0.15, 0.2) is 6.04 Å². The normalized spacial score (nSPS) is 23.0. The summed E-state index contributed by atoms with van der Waals surface area (Å²) in [7, 11) is 0. The van der Waals surface area contributed by atoms with Crippen LogP contribution in [0.25, 0.3) is 0 Å². The zero-order valence-corrected chi connectivity index (χ0v) is 14.0. The van der Waals surface area contributed by atoms with Gasteiger partial charge in [0.25, 0.3) is 0 Å². The molecule has 0 aliphatic carbocycles. The molecule has 0 bridgehead atoms. The molecular weight excluding hydrogens is 342 g/mol. The number of rotatable bonds is 6. The fraction of sp³-hybridized carbons (Fsp3) is 0.235. The van der Waals surface area contributed by atoms with Crippen LogP contribution in [0.15, 0.2) is 49.2 Å². The van der Waals surface area contributed by atoms with Crippen LogP contribution in [0.2, 0.25) is 0 Å². The van der Waals surface area contributed by atoms with Crippen LogP contribution >= 0.6 is 12.2 Å². The third-order valence-electron chi connectivity index (χ3n) is 4.03. The predicted molar refractivity (Wildman–Crippen MR) is 94.6 cm³/mol. The molecule has 0 radical (unpaired) electrons. The van der Waals surface area contributed by atoms with Crippen molar-refractivity contribution in [3.63, 3.8) is 0 Å². The summed E-state index contributed by atoms with van der Waals surface area (Å²) in [6, 6.07) is 5.47. The fourth-order valence-electron chi connectivity index (χ4n) is 2.89. The van der Waals surface area contributed by atoms with Crippen molar-refractivity contribution < 1.29 is 19.4 Å². The van der Waals surface area contributed by atoms with Crippen LogP contribution in [0.1, 0.15) is 11.6 Å². The number of hydrogen-bond acceptors (Lipinski definition) is 5. The standard InChI is InChI=1S/C17H17N3O4S/c1-2-8-24-11-5-3-4-10(9-11)14(17(22)23)20-7-6-12-13(16(20)25)15(21)19-18-12/h2-7,9,12-14,18H,1,8H2,(H,19,21)(H,22,23). The molecule has 3 N–H and O–H groups in total. The number of fused-ring (bicyclic) bond motifs is 1. The van der Waals surface area contributed by atoms with Gasteiger partial charge in [-0.25, -0.2) is 10.2 Å². The summed E-state index contributed by atoms with van der Waals surface area (Å²) in [6.07, 6.45) is 4.94. The minimum atomic E-state index is -1.07. The van der Waals surface area contributed by atoms with E-state index in [0.717, 1.165) is 0 Å². The Balaban J connectivity index is 1.93. The van der Waals surface area contributed by atoms with Crippen molar-refractivity contribution in [3.05, 3.63) is 54.8 Å². The Morgan fingerprint density at radius 3 is 3.04 bits per heavy atom. The lowest BCUT2D eigenvalue weighted by molar-refractivity contribution is -0.141. The number of carboxylic acids is 1. The topological polar surface area (TPSA) is 90.9 Å². The molecule has 3 unspecified atom stereocenters. The number of amides is 1. The molecule has 8 heteroatoms. The number of hydrazine groups is 1. The highest BCUT2D eigenvalue weighted by Crippen LogP contribution is 2.31. The van der Waals surface area contributed by atoms with E-state index in [9.17, 15) is 14.7 Å². The summed E-state index contributed by atoms with van der Waals surface area (Å²) >= 11 is 5.41. The van der Waals surface area contributed by atoms with Gasteiger partial charge < -0.3 is 14.7 Å². The van der Waals surface area contributed by atoms with Crippen molar-refractivity contribution in [3.8, 4) is 5.75 Å². The number of carbonyl (C=O) groups is 2. The largest absolute Gasteiger partial charge is 0.490 e. The number of aliphatic carboxylic acids is 1. The van der Waals surface area contributed by atoms with Gasteiger partial charge in [-0.05, 0) is 23.8 Å². The second kappa shape index (κ2) is 7.04. The lowest BCUT2D eigenvalue weighted by Gasteiger charge is -2.34. The van der Waals surface area contributed by atoms with Gasteiger partial charge in [0.2, 0.25) is 5.91 Å². The molecule has 2 aliphatic rings. The highest BCUT2D eigenvalue weighted by molar-refractivity contribution is 7.80. The molecule has 1 saturated heterocycles. The fourth-order valence-corrected chi connectivity index (χ4v) is 3.31. The van der Waals surface area contributed by atoms with Crippen LogP contribution in [0.5, 0.6) is 5.75 Å². The lowest BCUT2D eigenvalue weighted by atomic mass is 9.95. The van der Waals surface area contributed by atoms with Crippen molar-refractivity contribution in [2.75, 3.05) is 6.61 Å². The van der Waals surface area contributed by atoms with E-state index >= 15 is 0 Å². The Morgan fingerprint density at radius 1 is 1.52 bits per heavy atom. The monoisotopic (exact) mass is 359 g/mol. The number of hydrogen-bond donors (Lipinski definition) is 3. The van der Waals surface area contributed by atoms with Crippen molar-refractivity contribution in [2.45, 2.75) is 12.1 Å². The Hall–Kier alpha value is -2.71. The summed E-state index contributed by atoms with van der Waals surface area (Å²) in [5, 5.41) is 9.76. The number of nitrogens with one attached hydrogen (secondary N) is 2. The molecular formula is C17H17N3O4S. The van der Waals surface area contributed by atoms with Gasteiger partial charge in [-0.15, -0.1) is 0 Å². The molecule has 7 nitrogen and oxygen atoms in total. The van der Waals surface area contributed by atoms with Crippen LogP contribution in [0.3, 0.4) is 0 Å². The van der Waals surface area contributed by atoms with Crippen molar-refractivity contribution in [1.82, 2.24) is 15.8 Å². The first-order chi connectivity index (χ1) is 12.0. The quantitative estimate of drug-likeness (QED) is 0.518. The summed E-state index contributed by atoms with van der Waals surface area (Å²) in [5.41, 5.74) is 5.85. The molecule has 130 valence electrons. The highest BCUT2D eigenvalue weighted by atomic mass is 32.1. The SMILES string of the molecule is C=CCOc1cccc(C(C(=O)O)N2C=CC3NNC(=O)C3C2=S)c1. The van der Waals surface area contributed by atoms with Gasteiger partial charge in [-0.3, -0.25) is 10.2 Å². The average molecular weight is 359 g/mol. The molecule has 25 heavy (non-hydrogen) atoms. The molecule has 2 aliphatic heterocycles. The molecule has 0 spiro atoms. The van der Waals surface area contributed by atoms with Crippen LogP contribution in [0.4, 0.5) is 0 Å². The second-order valence-electron chi connectivity index (χ2n) is 5.64. The first-order valence-corrected chi connectivity index (χ1v) is 8.06. The molecule has 0 aromatic heterocycles. The van der Waals surface area contributed by atoms with E-state index in [1.807, 2.05) is 0 Å². The maximum Gasteiger partial charge on any atom is 0.331 e. The molecule has 1 amide bonds. The van der Waals surface area contributed by atoms with E-state index in [-0.39, 0.29) is 16.9 Å². The van der Waals surface area contributed by atoms with E-state index in [1.54, 1.807) is 42.6 Å². The number of carboxylic acid groups (broad SMARTS) is 1. The summed E-state index contributed by atoms with van der Waals surface area (Å²) in [6.45, 7) is 3.90. The number of nitrogens with zero attached hydrogens (tertiary/aromatic N) is 1. The maximum absolute atomic E-state index is 12.0. The third-order valence-corrected chi connectivity index (χ3v) is 4.50. The van der Waals surface area contributed by atoms with E-state index < -0.39 is 17.9 Å². The Kier molecular flexibility index (Phi) is 4.82. The minimum Gasteiger partial charge on any atom is -0.490 e. The smallest absolute Gasteiger partial charge is 0.331 e. The van der Waals surface area contributed by atoms with Crippen LogP contribution in [0, 0.1) is 5.92 Å². The number of ether oxygens (including phenoxy) is 1. The Bertz CT molecular complexity index is 764. The van der Waals surface area contributed by atoms with E-state index in [1.165, 1.54) is 4.90 Å². The lowest BCUT2D eigenvalue weighted by Crippen LogP contribution is -2.46. The molecule has 3 atom stereocenters. The molecule has 1 aromatic rings. The molecule has 1 fully saturated rings. The first kappa shape index (κ1) is 17.1. The molecule has 1 aromatic carbocycles. The Labute approximate surface area is 149 Å². The van der Waals surface area contributed by atoms with E-state index in [0.29, 0.717) is 17.9 Å². The first-order valence-electron chi connectivity index (χ1n) is 7.65. The molecule has 2 heterocycles. The van der Waals surface area contributed by atoms with Crippen LogP contribution in [-0.4, -0.2) is 39.5 Å². The third kappa shape index (κ3) is 3.26. The summed E-state index contributed by atoms with van der Waals surface area (Å²) in [4.78, 5) is 25.6. The van der Waals surface area contributed by atoms with Gasteiger partial charge in [0, 0.05) is 6.20 Å². The number of benzene rings is 1. The van der Waals surface area contributed by atoms with E-state index in [4.69, 9.17) is 17.0 Å². The minimum absolute atomic E-state index is 0.264. The zero-order valence-electron chi connectivity index (χ0n) is 13.2. The van der Waals surface area contributed by atoms with Crippen LogP contribution < -0.4 is 15.6 Å². The predicted octanol–water partition coefficient (Wildman–Crippen LogP) is 1.15. The average Bonchev–Trinajstić information content (AvgIpc) is 2.97. The summed E-state index contributed by atoms with van der Waals surface area (Å²) < 4.78 is 5.47. The van der Waals surface area contributed by atoms with Gasteiger partial charge in [-0.2, -0.15) is 0 Å². The summed E-state index contributed by atoms with van der Waals surface area (Å²) in [5.74, 6) is -1.41. The van der Waals surface area contributed by atoms with Crippen molar-refractivity contribution in [1.29, 1.82) is 0 Å². The van der Waals surface area contributed by atoms with Gasteiger partial charge in [0.1, 0.15) is 18.3 Å². The maximum atomic E-state index is 12.0.